The van der Waals surface area contributed by atoms with Gasteiger partial charge in [0.1, 0.15) is 0 Å². The van der Waals surface area contributed by atoms with E-state index in [1.54, 1.807) is 0 Å². The van der Waals surface area contributed by atoms with Gasteiger partial charge in [-0.3, -0.25) is 0 Å². The Morgan fingerprint density at radius 3 is 2.04 bits per heavy atom. The van der Waals surface area contributed by atoms with E-state index >= 15 is 0 Å². The molecule has 0 heterocycles. The maximum atomic E-state index is 5.86. The topological polar surface area (TPSA) is 39.7 Å². The van der Waals surface area contributed by atoms with Gasteiger partial charge in [0.15, 0.2) is 0 Å². The molecule has 0 spiro atoms. The second kappa shape index (κ2) is 11.5. The van der Waals surface area contributed by atoms with Gasteiger partial charge in [-0.1, -0.05) is 36.9 Å². The van der Waals surface area contributed by atoms with Crippen molar-refractivity contribution in [3.8, 4) is 0 Å². The van der Waals surface area contributed by atoms with Crippen molar-refractivity contribution < 1.29 is 13.3 Å². The van der Waals surface area contributed by atoms with Crippen molar-refractivity contribution in [2.24, 2.45) is 0 Å². The Morgan fingerprint density at radius 1 is 1.00 bits per heavy atom. The lowest BCUT2D eigenvalue weighted by Crippen LogP contribution is -2.46. The SMILES string of the molecule is C=Cc1ccc(CNCCC[Si](OCC)(OCC)OCC)cc1. The van der Waals surface area contributed by atoms with E-state index in [4.69, 9.17) is 13.3 Å². The van der Waals surface area contributed by atoms with Crippen molar-refractivity contribution in [1.82, 2.24) is 5.32 Å². The molecule has 130 valence electrons. The molecule has 0 saturated carbocycles. The lowest BCUT2D eigenvalue weighted by Gasteiger charge is -2.28. The molecule has 1 N–H and O–H groups in total. The van der Waals surface area contributed by atoms with Gasteiger partial charge in [-0.15, -0.1) is 0 Å². The van der Waals surface area contributed by atoms with Crippen LogP contribution in [0.2, 0.25) is 6.04 Å². The minimum atomic E-state index is -2.49. The highest BCUT2D eigenvalue weighted by Crippen LogP contribution is 2.17. The smallest absolute Gasteiger partial charge is 0.374 e. The average Bonchev–Trinajstić information content (AvgIpc) is 2.56. The van der Waals surface area contributed by atoms with Crippen molar-refractivity contribution in [2.45, 2.75) is 39.8 Å². The van der Waals surface area contributed by atoms with E-state index in [0.29, 0.717) is 19.8 Å². The summed E-state index contributed by atoms with van der Waals surface area (Å²) in [6, 6.07) is 9.28. The molecule has 0 amide bonds. The zero-order chi connectivity index (χ0) is 17.0. The summed E-state index contributed by atoms with van der Waals surface area (Å²) < 4.78 is 17.6. The molecule has 1 aromatic rings. The van der Waals surface area contributed by atoms with E-state index in [2.05, 4.69) is 36.2 Å². The number of hydrogen-bond donors (Lipinski definition) is 1. The minimum Gasteiger partial charge on any atom is -0.374 e. The van der Waals surface area contributed by atoms with Crippen LogP contribution in [0, 0.1) is 0 Å². The first-order valence-corrected chi connectivity index (χ1v) is 10.5. The monoisotopic (exact) mass is 337 g/mol. The Kier molecular flexibility index (Phi) is 10.1. The molecule has 0 aliphatic heterocycles. The molecule has 0 bridgehead atoms. The number of benzene rings is 1. The van der Waals surface area contributed by atoms with Crippen molar-refractivity contribution in [3.05, 3.63) is 42.0 Å². The largest absolute Gasteiger partial charge is 0.500 e. The molecule has 5 heteroatoms. The molecule has 4 nitrogen and oxygen atoms in total. The molecule has 0 aliphatic rings. The Morgan fingerprint density at radius 2 is 1.57 bits per heavy atom. The fraction of sp³-hybridized carbons (Fsp3) is 0.556. The first-order valence-electron chi connectivity index (χ1n) is 8.53. The first-order chi connectivity index (χ1) is 11.2. The molecular formula is C18H31NO3Si. The summed E-state index contributed by atoms with van der Waals surface area (Å²) in [5, 5.41) is 3.47. The fourth-order valence-corrected chi connectivity index (χ4v) is 5.05. The van der Waals surface area contributed by atoms with Crippen molar-refractivity contribution in [2.75, 3.05) is 26.4 Å². The Bertz CT molecular complexity index is 419. The zero-order valence-corrected chi connectivity index (χ0v) is 15.8. The van der Waals surface area contributed by atoms with Gasteiger partial charge in [-0.25, -0.2) is 0 Å². The van der Waals surface area contributed by atoms with E-state index in [1.807, 2.05) is 26.8 Å². The van der Waals surface area contributed by atoms with Crippen LogP contribution >= 0.6 is 0 Å². The van der Waals surface area contributed by atoms with Crippen molar-refractivity contribution in [3.63, 3.8) is 0 Å². The van der Waals surface area contributed by atoms with Gasteiger partial charge in [0.2, 0.25) is 0 Å². The lowest BCUT2D eigenvalue weighted by atomic mass is 10.1. The highest BCUT2D eigenvalue weighted by atomic mass is 28.4. The van der Waals surface area contributed by atoms with Gasteiger partial charge in [0, 0.05) is 32.4 Å². The van der Waals surface area contributed by atoms with Crippen LogP contribution in [-0.4, -0.2) is 35.2 Å². The van der Waals surface area contributed by atoms with Crippen LogP contribution in [0.25, 0.3) is 6.08 Å². The van der Waals surface area contributed by atoms with Crippen LogP contribution in [0.5, 0.6) is 0 Å². The zero-order valence-electron chi connectivity index (χ0n) is 14.8. The lowest BCUT2D eigenvalue weighted by molar-refractivity contribution is 0.0708. The molecule has 23 heavy (non-hydrogen) atoms. The van der Waals surface area contributed by atoms with E-state index in [9.17, 15) is 0 Å². The van der Waals surface area contributed by atoms with Crippen LogP contribution in [0.4, 0.5) is 0 Å². The Balaban J connectivity index is 2.35. The highest BCUT2D eigenvalue weighted by molar-refractivity contribution is 6.60. The molecule has 0 fully saturated rings. The van der Waals surface area contributed by atoms with Crippen molar-refractivity contribution in [1.29, 1.82) is 0 Å². The maximum Gasteiger partial charge on any atom is 0.500 e. The predicted octanol–water partition coefficient (Wildman–Crippen LogP) is 3.86. The Hall–Kier alpha value is -0.983. The van der Waals surface area contributed by atoms with Gasteiger partial charge < -0.3 is 18.6 Å². The van der Waals surface area contributed by atoms with Gasteiger partial charge in [0.25, 0.3) is 0 Å². The quantitative estimate of drug-likeness (QED) is 0.438. The number of nitrogens with one attached hydrogen (secondary N) is 1. The molecule has 0 atom stereocenters. The fourth-order valence-electron chi connectivity index (χ4n) is 2.44. The molecule has 1 aromatic carbocycles. The van der Waals surface area contributed by atoms with Crippen LogP contribution in [-0.2, 0) is 19.8 Å². The van der Waals surface area contributed by atoms with Crippen LogP contribution in [0.15, 0.2) is 30.8 Å². The predicted molar refractivity (Wildman–Crippen MR) is 98.3 cm³/mol. The third kappa shape index (κ3) is 7.41. The minimum absolute atomic E-state index is 0.634. The van der Waals surface area contributed by atoms with Crippen LogP contribution in [0.1, 0.15) is 38.3 Å². The number of hydrogen-bond acceptors (Lipinski definition) is 4. The molecule has 1 rings (SSSR count). The molecule has 0 radical (unpaired) electrons. The van der Waals surface area contributed by atoms with E-state index < -0.39 is 8.80 Å². The highest BCUT2D eigenvalue weighted by Gasteiger charge is 2.39. The maximum absolute atomic E-state index is 5.86. The van der Waals surface area contributed by atoms with Crippen LogP contribution in [0.3, 0.4) is 0 Å². The molecule has 0 aromatic heterocycles. The summed E-state index contributed by atoms with van der Waals surface area (Å²) in [4.78, 5) is 0. The number of rotatable bonds is 13. The standard InChI is InChI=1S/C18H31NO3Si/c1-5-17-10-12-18(13-11-17)16-19-14-9-15-23(20-6-2,21-7-3)22-8-4/h5,10-13,19H,1,6-9,14-16H2,2-4H3. The summed E-state index contributed by atoms with van der Waals surface area (Å²) in [6.07, 6.45) is 2.84. The molecule has 0 saturated heterocycles. The van der Waals surface area contributed by atoms with Gasteiger partial charge >= 0.3 is 8.80 Å². The second-order valence-corrected chi connectivity index (χ2v) is 7.94. The summed E-state index contributed by atoms with van der Waals surface area (Å²) in [5.74, 6) is 0. The van der Waals surface area contributed by atoms with E-state index in [1.165, 1.54) is 5.56 Å². The van der Waals surface area contributed by atoms with Gasteiger partial charge in [-0.2, -0.15) is 0 Å². The summed E-state index contributed by atoms with van der Waals surface area (Å²) in [6.45, 7) is 13.4. The molecule has 0 unspecified atom stereocenters. The van der Waals surface area contributed by atoms with Gasteiger partial charge in [0.05, 0.1) is 0 Å². The Labute approximate surface area is 142 Å². The molecular weight excluding hydrogens is 306 g/mol. The first kappa shape index (κ1) is 20.1. The third-order valence-corrected chi connectivity index (χ3v) is 6.63. The van der Waals surface area contributed by atoms with Gasteiger partial charge in [-0.05, 0) is 44.9 Å². The average molecular weight is 338 g/mol. The van der Waals surface area contributed by atoms with E-state index in [0.717, 1.165) is 31.1 Å². The third-order valence-electron chi connectivity index (χ3n) is 3.47. The normalized spacial score (nSPS) is 11.6. The summed E-state index contributed by atoms with van der Waals surface area (Å²) in [7, 11) is -2.49. The second-order valence-electron chi connectivity index (χ2n) is 5.21. The van der Waals surface area contributed by atoms with Crippen LogP contribution < -0.4 is 5.32 Å². The molecule has 0 aliphatic carbocycles. The summed E-state index contributed by atoms with van der Waals surface area (Å²) in [5.41, 5.74) is 2.42. The van der Waals surface area contributed by atoms with Crippen molar-refractivity contribution >= 4 is 14.9 Å². The van der Waals surface area contributed by atoms with E-state index in [-0.39, 0.29) is 0 Å². The summed E-state index contributed by atoms with van der Waals surface area (Å²) >= 11 is 0.